The zero-order chi connectivity index (χ0) is 20.5. The molecular weight excluding hydrogens is 352 g/mol. The van der Waals surface area contributed by atoms with Crippen LogP contribution < -0.4 is 15.4 Å². The third kappa shape index (κ3) is 6.12. The Balaban J connectivity index is 2.08. The van der Waals surface area contributed by atoms with Gasteiger partial charge in [0.1, 0.15) is 5.75 Å². The number of ether oxygens (including phenoxy) is 1. The van der Waals surface area contributed by atoms with Gasteiger partial charge in [-0.05, 0) is 48.6 Å². The maximum atomic E-state index is 12.7. The molecule has 0 aliphatic heterocycles. The average molecular weight is 383 g/mol. The first-order valence-electron chi connectivity index (χ1n) is 9.88. The number of carbonyl (C=O) groups excluding carboxylic acids is 2. The van der Waals surface area contributed by atoms with Gasteiger partial charge in [0.2, 0.25) is 0 Å². The van der Waals surface area contributed by atoms with Crippen LogP contribution in [-0.4, -0.2) is 24.5 Å². The fourth-order valence-corrected chi connectivity index (χ4v) is 2.69. The largest absolute Gasteiger partial charge is 0.481 e. The number of anilines is 1. The Morgan fingerprint density at radius 1 is 1.00 bits per heavy atom. The fourth-order valence-electron chi connectivity index (χ4n) is 2.69. The molecule has 0 fully saturated rings. The standard InChI is InChI=1S/C23H30N2O3/c1-5-17-11-13-18(14-12-17)28-21(6-2)23(27)25-20-10-8-7-9-19(20)22(26)24-15-16(3)4/h7-14,16,21H,5-6,15H2,1-4H3,(H,24,26)(H,25,27)/t21-/m0/s1. The number of para-hydroxylation sites is 1. The van der Waals surface area contributed by atoms with Crippen molar-refractivity contribution in [2.45, 2.75) is 46.6 Å². The molecule has 0 aromatic heterocycles. The lowest BCUT2D eigenvalue weighted by atomic mass is 10.1. The Hall–Kier alpha value is -2.82. The molecule has 2 aromatic rings. The second kappa shape index (κ2) is 10.5. The van der Waals surface area contributed by atoms with Gasteiger partial charge >= 0.3 is 0 Å². The maximum absolute atomic E-state index is 12.7. The van der Waals surface area contributed by atoms with E-state index in [2.05, 4.69) is 17.6 Å². The third-order valence-corrected chi connectivity index (χ3v) is 4.37. The first kappa shape index (κ1) is 21.5. The highest BCUT2D eigenvalue weighted by Crippen LogP contribution is 2.19. The summed E-state index contributed by atoms with van der Waals surface area (Å²) in [6.07, 6.45) is 0.829. The lowest BCUT2D eigenvalue weighted by molar-refractivity contribution is -0.122. The number of carbonyl (C=O) groups is 2. The van der Waals surface area contributed by atoms with Gasteiger partial charge in [0, 0.05) is 6.54 Å². The fraction of sp³-hybridized carbons (Fsp3) is 0.391. The highest BCUT2D eigenvalue weighted by molar-refractivity contribution is 6.04. The molecule has 0 radical (unpaired) electrons. The summed E-state index contributed by atoms with van der Waals surface area (Å²) in [5, 5.41) is 5.73. The normalized spacial score (nSPS) is 11.8. The van der Waals surface area contributed by atoms with Gasteiger partial charge in [-0.3, -0.25) is 9.59 Å². The molecular formula is C23H30N2O3. The van der Waals surface area contributed by atoms with Crippen LogP contribution in [0.25, 0.3) is 0 Å². The van der Waals surface area contributed by atoms with Gasteiger partial charge in [0.15, 0.2) is 6.10 Å². The predicted molar refractivity (Wildman–Crippen MR) is 113 cm³/mol. The molecule has 150 valence electrons. The molecule has 1 atom stereocenters. The number of benzene rings is 2. The topological polar surface area (TPSA) is 67.4 Å². The van der Waals surface area contributed by atoms with Crippen LogP contribution in [0, 0.1) is 5.92 Å². The summed E-state index contributed by atoms with van der Waals surface area (Å²) in [6.45, 7) is 8.63. The summed E-state index contributed by atoms with van der Waals surface area (Å²) in [7, 11) is 0. The van der Waals surface area contributed by atoms with Gasteiger partial charge in [0.05, 0.1) is 11.3 Å². The van der Waals surface area contributed by atoms with E-state index in [4.69, 9.17) is 4.74 Å². The van der Waals surface area contributed by atoms with Gasteiger partial charge in [-0.1, -0.05) is 52.0 Å². The molecule has 0 spiro atoms. The van der Waals surface area contributed by atoms with E-state index in [1.54, 1.807) is 24.3 Å². The maximum Gasteiger partial charge on any atom is 0.265 e. The number of nitrogens with one attached hydrogen (secondary N) is 2. The quantitative estimate of drug-likeness (QED) is 0.674. The summed E-state index contributed by atoms with van der Waals surface area (Å²) >= 11 is 0. The van der Waals surface area contributed by atoms with E-state index in [1.165, 1.54) is 5.56 Å². The zero-order valence-corrected chi connectivity index (χ0v) is 17.1. The highest BCUT2D eigenvalue weighted by Gasteiger charge is 2.21. The summed E-state index contributed by atoms with van der Waals surface area (Å²) in [6, 6.07) is 14.7. The summed E-state index contributed by atoms with van der Waals surface area (Å²) < 4.78 is 5.86. The van der Waals surface area contributed by atoms with Crippen molar-refractivity contribution < 1.29 is 14.3 Å². The number of aryl methyl sites for hydroxylation is 1. The minimum absolute atomic E-state index is 0.200. The van der Waals surface area contributed by atoms with Crippen LogP contribution >= 0.6 is 0 Å². The summed E-state index contributed by atoms with van der Waals surface area (Å²) in [4.78, 5) is 25.2. The Labute approximate surface area is 167 Å². The van der Waals surface area contributed by atoms with E-state index < -0.39 is 6.10 Å². The van der Waals surface area contributed by atoms with Crippen molar-refractivity contribution in [2.75, 3.05) is 11.9 Å². The molecule has 0 saturated carbocycles. The Bertz CT molecular complexity index is 785. The molecule has 2 aromatic carbocycles. The van der Waals surface area contributed by atoms with E-state index in [9.17, 15) is 9.59 Å². The average Bonchev–Trinajstić information content (AvgIpc) is 2.70. The van der Waals surface area contributed by atoms with Crippen molar-refractivity contribution in [3.05, 3.63) is 59.7 Å². The van der Waals surface area contributed by atoms with E-state index in [0.29, 0.717) is 35.9 Å². The van der Waals surface area contributed by atoms with Crippen LogP contribution in [0.4, 0.5) is 5.69 Å². The SMILES string of the molecule is CCc1ccc(O[C@@H](CC)C(=O)Nc2ccccc2C(=O)NCC(C)C)cc1. The number of hydrogen-bond acceptors (Lipinski definition) is 3. The van der Waals surface area contributed by atoms with Crippen LogP contribution in [0.5, 0.6) is 5.75 Å². The van der Waals surface area contributed by atoms with Crippen molar-refractivity contribution in [3.8, 4) is 5.75 Å². The van der Waals surface area contributed by atoms with Gasteiger partial charge in [-0.15, -0.1) is 0 Å². The number of amides is 2. The van der Waals surface area contributed by atoms with Crippen LogP contribution in [0.2, 0.25) is 0 Å². The lowest BCUT2D eigenvalue weighted by Crippen LogP contribution is -2.34. The third-order valence-electron chi connectivity index (χ3n) is 4.37. The van der Waals surface area contributed by atoms with Crippen LogP contribution in [0.3, 0.4) is 0 Å². The molecule has 0 aliphatic carbocycles. The van der Waals surface area contributed by atoms with Crippen molar-refractivity contribution in [1.82, 2.24) is 5.32 Å². The van der Waals surface area contributed by atoms with Gasteiger partial charge in [-0.2, -0.15) is 0 Å². The van der Waals surface area contributed by atoms with Crippen molar-refractivity contribution >= 4 is 17.5 Å². The molecule has 5 nitrogen and oxygen atoms in total. The van der Waals surface area contributed by atoms with E-state index >= 15 is 0 Å². The molecule has 2 N–H and O–H groups in total. The van der Waals surface area contributed by atoms with Crippen molar-refractivity contribution in [2.24, 2.45) is 5.92 Å². The molecule has 2 amide bonds. The number of hydrogen-bond donors (Lipinski definition) is 2. The molecule has 0 heterocycles. The zero-order valence-electron chi connectivity index (χ0n) is 17.1. The van der Waals surface area contributed by atoms with Gasteiger partial charge in [-0.25, -0.2) is 0 Å². The molecule has 0 saturated heterocycles. The summed E-state index contributed by atoms with van der Waals surface area (Å²) in [5.74, 6) is 0.532. The highest BCUT2D eigenvalue weighted by atomic mass is 16.5. The van der Waals surface area contributed by atoms with Crippen molar-refractivity contribution in [1.29, 1.82) is 0 Å². The molecule has 0 unspecified atom stereocenters. The minimum atomic E-state index is -0.640. The predicted octanol–water partition coefficient (Wildman–Crippen LogP) is 4.43. The first-order chi connectivity index (χ1) is 13.4. The second-order valence-electron chi connectivity index (χ2n) is 7.15. The van der Waals surface area contributed by atoms with Crippen LogP contribution in [0.15, 0.2) is 48.5 Å². The van der Waals surface area contributed by atoms with Crippen molar-refractivity contribution in [3.63, 3.8) is 0 Å². The first-order valence-corrected chi connectivity index (χ1v) is 9.88. The summed E-state index contributed by atoms with van der Waals surface area (Å²) in [5.41, 5.74) is 2.14. The van der Waals surface area contributed by atoms with E-state index in [-0.39, 0.29) is 11.8 Å². The monoisotopic (exact) mass is 382 g/mol. The van der Waals surface area contributed by atoms with Crippen LogP contribution in [0.1, 0.15) is 50.0 Å². The van der Waals surface area contributed by atoms with Gasteiger partial charge < -0.3 is 15.4 Å². The Kier molecular flexibility index (Phi) is 8.05. The molecule has 2 rings (SSSR count). The number of rotatable bonds is 9. The van der Waals surface area contributed by atoms with E-state index in [0.717, 1.165) is 6.42 Å². The second-order valence-corrected chi connectivity index (χ2v) is 7.15. The molecule has 0 aliphatic rings. The van der Waals surface area contributed by atoms with Crippen LogP contribution in [-0.2, 0) is 11.2 Å². The molecule has 5 heteroatoms. The Morgan fingerprint density at radius 2 is 1.68 bits per heavy atom. The molecule has 28 heavy (non-hydrogen) atoms. The van der Waals surface area contributed by atoms with E-state index in [1.807, 2.05) is 45.0 Å². The lowest BCUT2D eigenvalue weighted by Gasteiger charge is -2.19. The smallest absolute Gasteiger partial charge is 0.265 e. The Morgan fingerprint density at radius 3 is 2.29 bits per heavy atom. The minimum Gasteiger partial charge on any atom is -0.481 e. The molecule has 0 bridgehead atoms. The van der Waals surface area contributed by atoms with Gasteiger partial charge in [0.25, 0.3) is 11.8 Å².